The van der Waals surface area contributed by atoms with Crippen LogP contribution >= 0.6 is 0 Å². The molecule has 1 aliphatic heterocycles. The van der Waals surface area contributed by atoms with Gasteiger partial charge in [0.1, 0.15) is 0 Å². The van der Waals surface area contributed by atoms with Gasteiger partial charge in [-0.3, -0.25) is 0 Å². The third kappa shape index (κ3) is 0.956. The van der Waals surface area contributed by atoms with Gasteiger partial charge < -0.3 is 10.4 Å². The van der Waals surface area contributed by atoms with E-state index in [1.54, 1.807) is 0 Å². The lowest BCUT2D eigenvalue weighted by Crippen LogP contribution is -2.13. The molecule has 0 aromatic carbocycles. The van der Waals surface area contributed by atoms with Gasteiger partial charge in [-0.05, 0) is 43.7 Å². The first-order valence-corrected chi connectivity index (χ1v) is 4.21. The highest BCUT2D eigenvalue weighted by Crippen LogP contribution is 2.37. The van der Waals surface area contributed by atoms with E-state index in [2.05, 4.69) is 5.32 Å². The Morgan fingerprint density at radius 3 is 2.30 bits per heavy atom. The van der Waals surface area contributed by atoms with Crippen LogP contribution in [0.15, 0.2) is 0 Å². The highest BCUT2D eigenvalue weighted by molar-refractivity contribution is 4.89. The Hall–Kier alpha value is -0.0800. The Balaban J connectivity index is 1.94. The van der Waals surface area contributed by atoms with E-state index >= 15 is 0 Å². The summed E-state index contributed by atoms with van der Waals surface area (Å²) in [5.41, 5.74) is 0. The van der Waals surface area contributed by atoms with Crippen LogP contribution in [0.5, 0.6) is 0 Å². The zero-order chi connectivity index (χ0) is 6.97. The molecule has 1 saturated carbocycles. The second kappa shape index (κ2) is 2.51. The number of fused-ring (bicyclic) bond motifs is 1. The fourth-order valence-corrected chi connectivity index (χ4v) is 2.44. The summed E-state index contributed by atoms with van der Waals surface area (Å²) in [6.45, 7) is 2.80. The second-order valence-corrected chi connectivity index (χ2v) is 3.70. The van der Waals surface area contributed by atoms with Crippen molar-refractivity contribution in [3.63, 3.8) is 0 Å². The van der Waals surface area contributed by atoms with Crippen molar-refractivity contribution in [2.24, 2.45) is 17.8 Å². The van der Waals surface area contributed by atoms with E-state index in [1.165, 1.54) is 25.9 Å². The molecule has 58 valence electrons. The molecule has 2 unspecified atom stereocenters. The quantitative estimate of drug-likeness (QED) is 0.547. The summed E-state index contributed by atoms with van der Waals surface area (Å²) in [5.74, 6) is 2.39. The number of nitrogens with one attached hydrogen (secondary N) is 1. The summed E-state index contributed by atoms with van der Waals surface area (Å²) < 4.78 is 0. The van der Waals surface area contributed by atoms with Crippen molar-refractivity contribution in [2.75, 3.05) is 19.7 Å². The summed E-state index contributed by atoms with van der Waals surface area (Å²) in [6, 6.07) is 0. The third-order valence-corrected chi connectivity index (χ3v) is 3.01. The molecule has 2 rings (SSSR count). The maximum Gasteiger partial charge on any atom is 0.0459 e. The van der Waals surface area contributed by atoms with Crippen LogP contribution in [0.4, 0.5) is 0 Å². The highest BCUT2D eigenvalue weighted by atomic mass is 16.3. The molecule has 2 fully saturated rings. The minimum Gasteiger partial charge on any atom is -0.396 e. The Kier molecular flexibility index (Phi) is 1.66. The molecule has 0 radical (unpaired) electrons. The molecule has 0 amide bonds. The summed E-state index contributed by atoms with van der Waals surface area (Å²) in [5, 5.41) is 12.3. The third-order valence-electron chi connectivity index (χ3n) is 3.01. The number of aliphatic hydroxyl groups is 1. The molecule has 2 nitrogen and oxygen atoms in total. The fraction of sp³-hybridized carbons (Fsp3) is 1.00. The van der Waals surface area contributed by atoms with Crippen LogP contribution in [-0.2, 0) is 0 Å². The molecule has 2 N–H and O–H groups in total. The number of rotatable bonds is 1. The van der Waals surface area contributed by atoms with E-state index in [1.807, 2.05) is 0 Å². The topological polar surface area (TPSA) is 32.3 Å². The monoisotopic (exact) mass is 141 g/mol. The normalized spacial score (nSPS) is 45.9. The zero-order valence-electron chi connectivity index (χ0n) is 6.21. The molecule has 2 heteroatoms. The fourth-order valence-electron chi connectivity index (χ4n) is 2.44. The Morgan fingerprint density at radius 2 is 1.80 bits per heavy atom. The highest BCUT2D eigenvalue weighted by Gasteiger charge is 2.36. The lowest BCUT2D eigenvalue weighted by molar-refractivity contribution is 0.223. The van der Waals surface area contributed by atoms with Crippen LogP contribution < -0.4 is 5.32 Å². The van der Waals surface area contributed by atoms with Crippen LogP contribution in [-0.4, -0.2) is 24.8 Å². The zero-order valence-corrected chi connectivity index (χ0v) is 6.21. The second-order valence-electron chi connectivity index (χ2n) is 3.70. The molecule has 0 aromatic heterocycles. The van der Waals surface area contributed by atoms with Crippen LogP contribution in [0.3, 0.4) is 0 Å². The van der Waals surface area contributed by atoms with E-state index in [0.29, 0.717) is 12.5 Å². The number of hydrogen-bond donors (Lipinski definition) is 2. The van der Waals surface area contributed by atoms with Crippen molar-refractivity contribution in [1.82, 2.24) is 5.32 Å². The first-order chi connectivity index (χ1) is 4.90. The van der Waals surface area contributed by atoms with E-state index in [4.69, 9.17) is 5.11 Å². The van der Waals surface area contributed by atoms with E-state index in [-0.39, 0.29) is 0 Å². The first-order valence-electron chi connectivity index (χ1n) is 4.21. The standard InChI is InChI=1S/C8H15NO/c10-5-6-1-7-3-9-4-8(7)2-6/h6-10H,1-5H2. The summed E-state index contributed by atoms with van der Waals surface area (Å²) in [7, 11) is 0. The van der Waals surface area contributed by atoms with Gasteiger partial charge in [0.25, 0.3) is 0 Å². The van der Waals surface area contributed by atoms with Gasteiger partial charge in [0.05, 0.1) is 0 Å². The van der Waals surface area contributed by atoms with Crippen LogP contribution in [0.2, 0.25) is 0 Å². The lowest BCUT2D eigenvalue weighted by atomic mass is 10.0. The summed E-state index contributed by atoms with van der Waals surface area (Å²) >= 11 is 0. The average molecular weight is 141 g/mol. The van der Waals surface area contributed by atoms with E-state index < -0.39 is 0 Å². The van der Waals surface area contributed by atoms with Crippen molar-refractivity contribution in [1.29, 1.82) is 0 Å². The number of hydrogen-bond acceptors (Lipinski definition) is 2. The molecule has 0 spiro atoms. The van der Waals surface area contributed by atoms with E-state index in [0.717, 1.165) is 11.8 Å². The number of aliphatic hydroxyl groups excluding tert-OH is 1. The minimum atomic E-state index is 0.410. The van der Waals surface area contributed by atoms with Crippen molar-refractivity contribution >= 4 is 0 Å². The van der Waals surface area contributed by atoms with Gasteiger partial charge in [0.2, 0.25) is 0 Å². The van der Waals surface area contributed by atoms with Gasteiger partial charge >= 0.3 is 0 Å². The van der Waals surface area contributed by atoms with Crippen molar-refractivity contribution in [3.05, 3.63) is 0 Å². The lowest BCUT2D eigenvalue weighted by Gasteiger charge is -2.05. The molecule has 1 heterocycles. The predicted molar refractivity (Wildman–Crippen MR) is 39.7 cm³/mol. The Morgan fingerprint density at radius 1 is 1.20 bits per heavy atom. The maximum absolute atomic E-state index is 8.90. The molecule has 0 bridgehead atoms. The van der Waals surface area contributed by atoms with Gasteiger partial charge in [0.15, 0.2) is 0 Å². The maximum atomic E-state index is 8.90. The van der Waals surface area contributed by atoms with Gasteiger partial charge in [-0.25, -0.2) is 0 Å². The molecule has 10 heavy (non-hydrogen) atoms. The largest absolute Gasteiger partial charge is 0.396 e. The smallest absolute Gasteiger partial charge is 0.0459 e. The van der Waals surface area contributed by atoms with Crippen molar-refractivity contribution < 1.29 is 5.11 Å². The van der Waals surface area contributed by atoms with Gasteiger partial charge in [-0.1, -0.05) is 0 Å². The molecular formula is C8H15NO. The van der Waals surface area contributed by atoms with Gasteiger partial charge in [-0.2, -0.15) is 0 Å². The molecule has 0 aromatic rings. The summed E-state index contributed by atoms with van der Waals surface area (Å²) in [4.78, 5) is 0. The SMILES string of the molecule is OCC1CC2CNCC2C1. The van der Waals surface area contributed by atoms with Crippen LogP contribution in [0.1, 0.15) is 12.8 Å². The molecule has 2 atom stereocenters. The van der Waals surface area contributed by atoms with Crippen molar-refractivity contribution in [3.8, 4) is 0 Å². The predicted octanol–water partition coefficient (Wildman–Crippen LogP) is 0.224. The molecular weight excluding hydrogens is 126 g/mol. The molecule has 1 saturated heterocycles. The van der Waals surface area contributed by atoms with Gasteiger partial charge in [-0.15, -0.1) is 0 Å². The van der Waals surface area contributed by atoms with Gasteiger partial charge in [0, 0.05) is 6.61 Å². The Labute approximate surface area is 61.6 Å². The first kappa shape index (κ1) is 6.62. The average Bonchev–Trinajstić information content (AvgIpc) is 2.42. The van der Waals surface area contributed by atoms with E-state index in [9.17, 15) is 0 Å². The van der Waals surface area contributed by atoms with Crippen molar-refractivity contribution in [2.45, 2.75) is 12.8 Å². The van der Waals surface area contributed by atoms with Crippen LogP contribution in [0.25, 0.3) is 0 Å². The molecule has 2 aliphatic rings. The summed E-state index contributed by atoms with van der Waals surface area (Å²) in [6.07, 6.45) is 2.52. The van der Waals surface area contributed by atoms with Crippen LogP contribution in [0, 0.1) is 17.8 Å². The molecule has 1 aliphatic carbocycles. The minimum absolute atomic E-state index is 0.410. The Bertz CT molecular complexity index is 114.